The molecule has 2 rings (SSSR count). The molecule has 1 fully saturated rings. The highest BCUT2D eigenvalue weighted by molar-refractivity contribution is 5.03. The average Bonchev–Trinajstić information content (AvgIpc) is 2.80. The molecule has 1 atom stereocenters. The van der Waals surface area contributed by atoms with Gasteiger partial charge in [0.2, 0.25) is 0 Å². The summed E-state index contributed by atoms with van der Waals surface area (Å²) in [6, 6.07) is 0.463. The number of hydrogen-bond donors (Lipinski definition) is 1. The van der Waals surface area contributed by atoms with Crippen molar-refractivity contribution >= 4 is 0 Å². The van der Waals surface area contributed by atoms with Gasteiger partial charge < -0.3 is 9.88 Å². The van der Waals surface area contributed by atoms with Crippen molar-refractivity contribution in [3.63, 3.8) is 0 Å². The predicted molar refractivity (Wildman–Crippen MR) is 47.7 cm³/mol. The van der Waals surface area contributed by atoms with Crippen molar-refractivity contribution in [3.8, 4) is 0 Å². The third-order valence-corrected chi connectivity index (χ3v) is 2.54. The zero-order valence-electron chi connectivity index (χ0n) is 7.62. The fraction of sp³-hybridized carbons (Fsp3) is 0.667. The second kappa shape index (κ2) is 2.90. The number of aryl methyl sites for hydroxylation is 1. The van der Waals surface area contributed by atoms with E-state index in [1.165, 1.54) is 18.7 Å². The molecule has 1 aliphatic rings. The molecule has 0 bridgehead atoms. The van der Waals surface area contributed by atoms with Gasteiger partial charge in [0, 0.05) is 19.4 Å². The lowest BCUT2D eigenvalue weighted by Gasteiger charge is -2.14. The fourth-order valence-corrected chi connectivity index (χ4v) is 1.68. The van der Waals surface area contributed by atoms with E-state index in [0.29, 0.717) is 6.04 Å². The number of hydrogen-bond acceptors (Lipinski definition) is 2. The quantitative estimate of drug-likeness (QED) is 0.726. The Morgan fingerprint density at radius 1 is 1.67 bits per heavy atom. The van der Waals surface area contributed by atoms with E-state index >= 15 is 0 Å². The van der Waals surface area contributed by atoms with Gasteiger partial charge in [0.25, 0.3) is 0 Å². The van der Waals surface area contributed by atoms with Crippen molar-refractivity contribution < 1.29 is 0 Å². The maximum absolute atomic E-state index is 4.35. The van der Waals surface area contributed by atoms with Gasteiger partial charge in [-0.3, -0.25) is 0 Å². The summed E-state index contributed by atoms with van der Waals surface area (Å²) in [6.45, 7) is 0. The minimum Gasteiger partial charge on any atom is -0.337 e. The summed E-state index contributed by atoms with van der Waals surface area (Å²) in [5.41, 5.74) is 0. The van der Waals surface area contributed by atoms with Gasteiger partial charge >= 0.3 is 0 Å². The zero-order chi connectivity index (χ0) is 8.55. The van der Waals surface area contributed by atoms with Crippen molar-refractivity contribution in [2.45, 2.75) is 18.9 Å². The Bertz CT molecular complexity index is 262. The van der Waals surface area contributed by atoms with E-state index in [2.05, 4.69) is 21.9 Å². The number of nitrogens with zero attached hydrogens (tertiary/aromatic N) is 2. The van der Waals surface area contributed by atoms with Crippen molar-refractivity contribution in [1.29, 1.82) is 0 Å². The van der Waals surface area contributed by atoms with Crippen LogP contribution < -0.4 is 5.32 Å². The number of nitrogens with one attached hydrogen (secondary N) is 1. The standard InChI is InChI=1S/C9H15N3/c1-10-8(7-3-4-7)9-11-5-6-12(9)2/h5-8,10H,3-4H2,1-2H3. The van der Waals surface area contributed by atoms with Crippen LogP contribution >= 0.6 is 0 Å². The molecule has 1 heterocycles. The molecular weight excluding hydrogens is 150 g/mol. The second-order valence-corrected chi connectivity index (χ2v) is 3.50. The largest absolute Gasteiger partial charge is 0.337 e. The molecule has 1 unspecified atom stereocenters. The first-order valence-electron chi connectivity index (χ1n) is 4.47. The van der Waals surface area contributed by atoms with Crippen LogP contribution in [0.1, 0.15) is 24.7 Å². The molecule has 12 heavy (non-hydrogen) atoms. The van der Waals surface area contributed by atoms with E-state index in [0.717, 1.165) is 5.92 Å². The number of rotatable bonds is 3. The van der Waals surface area contributed by atoms with Crippen molar-refractivity contribution in [3.05, 3.63) is 18.2 Å². The summed E-state index contributed by atoms with van der Waals surface area (Å²) in [5, 5.41) is 3.32. The van der Waals surface area contributed by atoms with Crippen LogP contribution in [0.4, 0.5) is 0 Å². The van der Waals surface area contributed by atoms with Crippen molar-refractivity contribution in [2.75, 3.05) is 7.05 Å². The van der Waals surface area contributed by atoms with E-state index in [9.17, 15) is 0 Å². The van der Waals surface area contributed by atoms with Gasteiger partial charge in [-0.25, -0.2) is 4.98 Å². The first-order valence-corrected chi connectivity index (χ1v) is 4.47. The van der Waals surface area contributed by atoms with Gasteiger partial charge in [0.05, 0.1) is 6.04 Å². The molecule has 3 heteroatoms. The lowest BCUT2D eigenvalue weighted by atomic mass is 10.2. The summed E-state index contributed by atoms with van der Waals surface area (Å²) in [7, 11) is 4.06. The number of aromatic nitrogens is 2. The minimum absolute atomic E-state index is 0.463. The van der Waals surface area contributed by atoms with Gasteiger partial charge in [0.15, 0.2) is 0 Å². The minimum atomic E-state index is 0.463. The third kappa shape index (κ3) is 1.25. The Labute approximate surface area is 72.8 Å². The van der Waals surface area contributed by atoms with Crippen LogP contribution in [0.2, 0.25) is 0 Å². The highest BCUT2D eigenvalue weighted by atomic mass is 15.1. The van der Waals surface area contributed by atoms with E-state index in [4.69, 9.17) is 0 Å². The Morgan fingerprint density at radius 2 is 2.42 bits per heavy atom. The number of imidazole rings is 1. The predicted octanol–water partition coefficient (Wildman–Crippen LogP) is 1.09. The van der Waals surface area contributed by atoms with Crippen LogP contribution in [0.15, 0.2) is 12.4 Å². The first kappa shape index (κ1) is 7.80. The fourth-order valence-electron chi connectivity index (χ4n) is 1.68. The van der Waals surface area contributed by atoms with Gasteiger partial charge in [0.1, 0.15) is 5.82 Å². The van der Waals surface area contributed by atoms with Crippen LogP contribution in [-0.2, 0) is 7.05 Å². The molecule has 1 aromatic rings. The zero-order valence-corrected chi connectivity index (χ0v) is 7.62. The van der Waals surface area contributed by atoms with Crippen LogP contribution in [-0.4, -0.2) is 16.6 Å². The third-order valence-electron chi connectivity index (χ3n) is 2.54. The molecule has 0 spiro atoms. The molecule has 0 radical (unpaired) electrons. The molecule has 1 saturated carbocycles. The van der Waals surface area contributed by atoms with E-state index in [1.54, 1.807) is 0 Å². The topological polar surface area (TPSA) is 29.9 Å². The van der Waals surface area contributed by atoms with Crippen LogP contribution in [0, 0.1) is 5.92 Å². The molecule has 1 N–H and O–H groups in total. The van der Waals surface area contributed by atoms with E-state index in [1.807, 2.05) is 19.4 Å². The Hall–Kier alpha value is -0.830. The van der Waals surface area contributed by atoms with Gasteiger partial charge in [-0.05, 0) is 25.8 Å². The SMILES string of the molecule is CNC(c1nccn1C)C1CC1. The highest BCUT2D eigenvalue weighted by Crippen LogP contribution is 2.39. The normalized spacial score (nSPS) is 19.5. The molecule has 3 nitrogen and oxygen atoms in total. The Kier molecular flexibility index (Phi) is 1.89. The smallest absolute Gasteiger partial charge is 0.125 e. The average molecular weight is 165 g/mol. The monoisotopic (exact) mass is 165 g/mol. The molecular formula is C9H15N3. The molecule has 0 aromatic carbocycles. The second-order valence-electron chi connectivity index (χ2n) is 3.50. The molecule has 66 valence electrons. The maximum atomic E-state index is 4.35. The lowest BCUT2D eigenvalue weighted by molar-refractivity contribution is 0.486. The Morgan fingerprint density at radius 3 is 2.83 bits per heavy atom. The van der Waals surface area contributed by atoms with E-state index < -0.39 is 0 Å². The molecule has 0 amide bonds. The molecule has 1 aliphatic carbocycles. The van der Waals surface area contributed by atoms with Gasteiger partial charge in [-0.15, -0.1) is 0 Å². The summed E-state index contributed by atoms with van der Waals surface area (Å²) in [5.74, 6) is 1.98. The van der Waals surface area contributed by atoms with Crippen molar-refractivity contribution in [1.82, 2.24) is 14.9 Å². The summed E-state index contributed by atoms with van der Waals surface area (Å²) in [4.78, 5) is 4.35. The molecule has 0 aliphatic heterocycles. The summed E-state index contributed by atoms with van der Waals surface area (Å²) in [6.07, 6.45) is 6.56. The molecule has 1 aromatic heterocycles. The van der Waals surface area contributed by atoms with Gasteiger partial charge in [-0.1, -0.05) is 0 Å². The van der Waals surface area contributed by atoms with Crippen molar-refractivity contribution in [2.24, 2.45) is 13.0 Å². The molecule has 0 saturated heterocycles. The highest BCUT2D eigenvalue weighted by Gasteiger charge is 2.33. The lowest BCUT2D eigenvalue weighted by Crippen LogP contribution is -2.21. The first-order chi connectivity index (χ1) is 5.83. The maximum Gasteiger partial charge on any atom is 0.125 e. The van der Waals surface area contributed by atoms with Crippen LogP contribution in [0.3, 0.4) is 0 Å². The van der Waals surface area contributed by atoms with E-state index in [-0.39, 0.29) is 0 Å². The summed E-state index contributed by atoms with van der Waals surface area (Å²) < 4.78 is 2.10. The summed E-state index contributed by atoms with van der Waals surface area (Å²) >= 11 is 0. The van der Waals surface area contributed by atoms with Crippen LogP contribution in [0.5, 0.6) is 0 Å². The van der Waals surface area contributed by atoms with Crippen LogP contribution in [0.25, 0.3) is 0 Å². The Balaban J connectivity index is 2.20. The van der Waals surface area contributed by atoms with Gasteiger partial charge in [-0.2, -0.15) is 0 Å².